The van der Waals surface area contributed by atoms with Gasteiger partial charge in [-0.2, -0.15) is 0 Å². The average molecular weight is 385 g/mol. The maximum absolute atomic E-state index is 12.5. The van der Waals surface area contributed by atoms with E-state index in [2.05, 4.69) is 17.0 Å². The van der Waals surface area contributed by atoms with Gasteiger partial charge in [0, 0.05) is 37.9 Å². The van der Waals surface area contributed by atoms with Crippen molar-refractivity contribution in [2.45, 2.75) is 0 Å². The molecule has 0 N–H and O–H groups in total. The molecule has 1 fully saturated rings. The highest BCUT2D eigenvalue weighted by Gasteiger charge is 2.20. The predicted octanol–water partition coefficient (Wildman–Crippen LogP) is 3.47. The monoisotopic (exact) mass is 384 g/mol. The summed E-state index contributed by atoms with van der Waals surface area (Å²) >= 11 is 6.25. The van der Waals surface area contributed by atoms with Gasteiger partial charge in [0.05, 0.1) is 5.02 Å². The largest absolute Gasteiger partial charge is 0.486 e. The summed E-state index contributed by atoms with van der Waals surface area (Å²) in [4.78, 5) is 16.7. The summed E-state index contributed by atoms with van der Waals surface area (Å²) < 4.78 is 11.1. The third kappa shape index (κ3) is 4.03. The van der Waals surface area contributed by atoms with Gasteiger partial charge in [0.1, 0.15) is 13.2 Å². The molecule has 2 aliphatic rings. The van der Waals surface area contributed by atoms with E-state index in [1.807, 2.05) is 29.2 Å². The van der Waals surface area contributed by atoms with Gasteiger partial charge in [-0.3, -0.25) is 4.79 Å². The Bertz CT molecular complexity index is 846. The number of fused-ring (bicyclic) bond motifs is 1. The Kier molecular flexibility index (Phi) is 5.21. The first-order chi connectivity index (χ1) is 13.2. The van der Waals surface area contributed by atoms with Crippen molar-refractivity contribution in [3.8, 4) is 11.5 Å². The molecule has 6 heteroatoms. The molecule has 1 saturated heterocycles. The first-order valence-electron chi connectivity index (χ1n) is 9.07. The Morgan fingerprint density at radius 2 is 1.74 bits per heavy atom. The van der Waals surface area contributed by atoms with Crippen molar-refractivity contribution in [3.05, 3.63) is 59.1 Å². The lowest BCUT2D eigenvalue weighted by Crippen LogP contribution is -2.48. The number of para-hydroxylation sites is 1. The van der Waals surface area contributed by atoms with Crippen molar-refractivity contribution in [1.29, 1.82) is 0 Å². The summed E-state index contributed by atoms with van der Waals surface area (Å²) in [6.07, 6.45) is 3.37. The van der Waals surface area contributed by atoms with Gasteiger partial charge in [0.2, 0.25) is 5.91 Å². The fourth-order valence-electron chi connectivity index (χ4n) is 3.32. The SMILES string of the molecule is O=C(/C=C/c1cc(Cl)c2c(c1)OCCO2)N1CCN(c2ccccc2)CC1. The molecule has 27 heavy (non-hydrogen) atoms. The third-order valence-corrected chi connectivity index (χ3v) is 5.03. The van der Waals surface area contributed by atoms with Gasteiger partial charge in [-0.15, -0.1) is 0 Å². The molecule has 2 heterocycles. The number of benzene rings is 2. The van der Waals surface area contributed by atoms with Crippen molar-refractivity contribution in [2.24, 2.45) is 0 Å². The molecule has 0 aliphatic carbocycles. The van der Waals surface area contributed by atoms with Crippen LogP contribution in [0.1, 0.15) is 5.56 Å². The lowest BCUT2D eigenvalue weighted by Gasteiger charge is -2.35. The summed E-state index contributed by atoms with van der Waals surface area (Å²) in [7, 11) is 0. The fraction of sp³-hybridized carbons (Fsp3) is 0.286. The van der Waals surface area contributed by atoms with Crippen LogP contribution in [0.25, 0.3) is 6.08 Å². The molecule has 140 valence electrons. The van der Waals surface area contributed by atoms with Gasteiger partial charge in [-0.05, 0) is 35.9 Å². The van der Waals surface area contributed by atoms with Crippen molar-refractivity contribution in [2.75, 3.05) is 44.3 Å². The van der Waals surface area contributed by atoms with Gasteiger partial charge in [0.25, 0.3) is 0 Å². The van der Waals surface area contributed by atoms with Crippen molar-refractivity contribution in [1.82, 2.24) is 4.90 Å². The Balaban J connectivity index is 1.38. The number of hydrogen-bond donors (Lipinski definition) is 0. The molecule has 0 spiro atoms. The lowest BCUT2D eigenvalue weighted by atomic mass is 10.1. The number of nitrogens with zero attached hydrogens (tertiary/aromatic N) is 2. The molecule has 0 saturated carbocycles. The van der Waals surface area contributed by atoms with Crippen LogP contribution in [0.2, 0.25) is 5.02 Å². The van der Waals surface area contributed by atoms with E-state index in [-0.39, 0.29) is 5.91 Å². The molecule has 4 rings (SSSR count). The lowest BCUT2D eigenvalue weighted by molar-refractivity contribution is -0.126. The number of carbonyl (C=O) groups is 1. The Labute approximate surface area is 163 Å². The van der Waals surface area contributed by atoms with Crippen molar-refractivity contribution in [3.63, 3.8) is 0 Å². The molecule has 0 radical (unpaired) electrons. The highest BCUT2D eigenvalue weighted by Crippen LogP contribution is 2.38. The van der Waals surface area contributed by atoms with E-state index in [0.29, 0.717) is 42.8 Å². The zero-order valence-electron chi connectivity index (χ0n) is 14.9. The fourth-order valence-corrected chi connectivity index (χ4v) is 3.60. The number of ether oxygens (including phenoxy) is 2. The van der Waals surface area contributed by atoms with Gasteiger partial charge < -0.3 is 19.3 Å². The van der Waals surface area contributed by atoms with E-state index in [9.17, 15) is 4.79 Å². The summed E-state index contributed by atoms with van der Waals surface area (Å²) in [5, 5.41) is 0.496. The maximum Gasteiger partial charge on any atom is 0.246 e. The number of carbonyl (C=O) groups excluding carboxylic acids is 1. The highest BCUT2D eigenvalue weighted by molar-refractivity contribution is 6.32. The molecule has 0 atom stereocenters. The minimum absolute atomic E-state index is 0.00808. The van der Waals surface area contributed by atoms with Crippen LogP contribution in [0.3, 0.4) is 0 Å². The van der Waals surface area contributed by atoms with Gasteiger partial charge in [0.15, 0.2) is 11.5 Å². The standard InChI is InChI=1S/C21H21ClN2O3/c22-18-14-16(15-19-21(18)27-13-12-26-19)6-7-20(25)24-10-8-23(9-11-24)17-4-2-1-3-5-17/h1-7,14-15H,8-13H2/b7-6+. The number of amides is 1. The van der Waals surface area contributed by atoms with Crippen LogP contribution in [0, 0.1) is 0 Å². The van der Waals surface area contributed by atoms with Crippen LogP contribution < -0.4 is 14.4 Å². The summed E-state index contributed by atoms with van der Waals surface area (Å²) in [6, 6.07) is 13.9. The molecule has 2 aromatic carbocycles. The quantitative estimate of drug-likeness (QED) is 0.760. The molecule has 2 aliphatic heterocycles. The van der Waals surface area contributed by atoms with Crippen LogP contribution in [-0.4, -0.2) is 50.2 Å². The molecule has 1 amide bonds. The normalized spacial score (nSPS) is 16.6. The van der Waals surface area contributed by atoms with Crippen LogP contribution >= 0.6 is 11.6 Å². The number of piperazine rings is 1. The minimum atomic E-state index is 0.00808. The molecular weight excluding hydrogens is 364 g/mol. The van der Waals surface area contributed by atoms with Gasteiger partial charge in [-0.25, -0.2) is 0 Å². The molecular formula is C21H21ClN2O3. The summed E-state index contributed by atoms with van der Waals surface area (Å²) in [5.74, 6) is 1.20. The third-order valence-electron chi connectivity index (χ3n) is 4.75. The van der Waals surface area contributed by atoms with Crippen LogP contribution in [-0.2, 0) is 4.79 Å². The topological polar surface area (TPSA) is 42.0 Å². The second kappa shape index (κ2) is 7.92. The number of halogens is 1. The number of anilines is 1. The second-order valence-corrected chi connectivity index (χ2v) is 6.92. The number of hydrogen-bond acceptors (Lipinski definition) is 4. The van der Waals surface area contributed by atoms with Gasteiger partial charge >= 0.3 is 0 Å². The zero-order chi connectivity index (χ0) is 18.6. The van der Waals surface area contributed by atoms with E-state index in [1.165, 1.54) is 5.69 Å². The molecule has 5 nitrogen and oxygen atoms in total. The Morgan fingerprint density at radius 3 is 2.52 bits per heavy atom. The maximum atomic E-state index is 12.5. The van der Waals surface area contributed by atoms with Crippen molar-refractivity contribution >= 4 is 29.3 Å². The summed E-state index contributed by atoms with van der Waals surface area (Å²) in [5.41, 5.74) is 2.02. The predicted molar refractivity (Wildman–Crippen MR) is 107 cm³/mol. The van der Waals surface area contributed by atoms with E-state index >= 15 is 0 Å². The van der Waals surface area contributed by atoms with E-state index < -0.39 is 0 Å². The van der Waals surface area contributed by atoms with E-state index in [0.717, 1.165) is 18.7 Å². The first kappa shape index (κ1) is 17.7. The van der Waals surface area contributed by atoms with E-state index in [4.69, 9.17) is 21.1 Å². The average Bonchev–Trinajstić information content (AvgIpc) is 2.73. The van der Waals surface area contributed by atoms with Crippen LogP contribution in [0.4, 0.5) is 5.69 Å². The molecule has 2 aromatic rings. The van der Waals surface area contributed by atoms with Crippen molar-refractivity contribution < 1.29 is 14.3 Å². The first-order valence-corrected chi connectivity index (χ1v) is 9.44. The van der Waals surface area contributed by atoms with E-state index in [1.54, 1.807) is 18.2 Å². The van der Waals surface area contributed by atoms with Crippen LogP contribution in [0.5, 0.6) is 11.5 Å². The molecule has 0 bridgehead atoms. The van der Waals surface area contributed by atoms with Gasteiger partial charge in [-0.1, -0.05) is 29.8 Å². The minimum Gasteiger partial charge on any atom is -0.486 e. The summed E-state index contributed by atoms with van der Waals surface area (Å²) in [6.45, 7) is 4.08. The number of rotatable bonds is 3. The Morgan fingerprint density at radius 1 is 1.00 bits per heavy atom. The Hall–Kier alpha value is -2.66. The highest BCUT2D eigenvalue weighted by atomic mass is 35.5. The molecule has 0 aromatic heterocycles. The van der Waals surface area contributed by atoms with Crippen LogP contribution in [0.15, 0.2) is 48.5 Å². The molecule has 0 unspecified atom stereocenters. The zero-order valence-corrected chi connectivity index (χ0v) is 15.7. The second-order valence-electron chi connectivity index (χ2n) is 6.51. The smallest absolute Gasteiger partial charge is 0.246 e.